The van der Waals surface area contributed by atoms with E-state index in [4.69, 9.17) is 46.9 Å². The molecule has 428 valence electrons. The number of methoxy groups -OCH3 is 1. The van der Waals surface area contributed by atoms with Crippen LogP contribution in [0, 0.1) is 5.82 Å². The molecule has 3 N–H and O–H groups in total. The number of halogens is 4. The van der Waals surface area contributed by atoms with E-state index in [1.54, 1.807) is 54.0 Å². The van der Waals surface area contributed by atoms with Crippen LogP contribution in [-0.2, 0) is 14.2 Å². The molecular weight excluding hydrogens is 1150 g/mol. The number of hydrogen-bond acceptors (Lipinski definition) is 11. The van der Waals surface area contributed by atoms with Gasteiger partial charge in [-0.05, 0) is 104 Å². The van der Waals surface area contributed by atoms with Gasteiger partial charge in [0.15, 0.2) is 0 Å². The van der Waals surface area contributed by atoms with Gasteiger partial charge in [0, 0.05) is 72.2 Å². The van der Waals surface area contributed by atoms with Crippen molar-refractivity contribution < 1.29 is 69.3 Å². The molecule has 0 amide bonds. The summed E-state index contributed by atoms with van der Waals surface area (Å²) < 4.78 is 40.7. The Morgan fingerprint density at radius 2 is 1.07 bits per heavy atom. The molecule has 17 heteroatoms. The summed E-state index contributed by atoms with van der Waals surface area (Å²) in [7, 11) is 7.66. The first-order chi connectivity index (χ1) is 38.1. The van der Waals surface area contributed by atoms with Crippen LogP contribution < -0.4 is 44.3 Å². The number of fused-ring (bicyclic) bond motifs is 4. The summed E-state index contributed by atoms with van der Waals surface area (Å²) in [4.78, 5) is 4.42. The number of hydrogen-bond donors (Lipinski definition) is 3. The minimum atomic E-state index is -0.285. The van der Waals surface area contributed by atoms with Crippen molar-refractivity contribution >= 4 is 115 Å². The topological polar surface area (TPSA) is 102 Å². The van der Waals surface area contributed by atoms with Gasteiger partial charge in [-0.3, -0.25) is 0 Å². The van der Waals surface area contributed by atoms with Crippen LogP contribution in [0.25, 0.3) is 43.1 Å². The molecule has 2 atom stereocenters. The van der Waals surface area contributed by atoms with E-state index >= 15 is 0 Å². The molecule has 81 heavy (non-hydrogen) atoms. The second-order valence-electron chi connectivity index (χ2n) is 17.8. The molecule has 0 unspecified atom stereocenters. The number of aliphatic hydroxyl groups is 1. The maximum atomic E-state index is 13.0. The number of thiophene rings is 2. The van der Waals surface area contributed by atoms with Crippen LogP contribution in [0.1, 0.15) is 36.2 Å². The Labute approximate surface area is 531 Å². The quantitative estimate of drug-likeness (QED) is 0.0509. The number of aliphatic hydroxyl groups excluding tert-OH is 1. The summed E-state index contributed by atoms with van der Waals surface area (Å²) in [6.45, 7) is 5.18. The maximum Gasteiger partial charge on any atom is 1.00 e. The van der Waals surface area contributed by atoms with Crippen LogP contribution in [-0.4, -0.2) is 96.1 Å². The fraction of sp³-hybridized carbons (Fsp3) is 0.250. The Bertz CT molecular complexity index is 3250. The molecular formula is C64H73Cl3FN2NaO7S3. The van der Waals surface area contributed by atoms with E-state index in [1.807, 2.05) is 124 Å². The molecule has 2 aromatic heterocycles. The molecule has 0 spiro atoms. The van der Waals surface area contributed by atoms with Crippen LogP contribution in [0.4, 0.5) is 4.39 Å². The third-order valence-electron chi connectivity index (χ3n) is 12.0. The van der Waals surface area contributed by atoms with E-state index in [9.17, 15) is 14.6 Å². The fourth-order valence-corrected chi connectivity index (χ4v) is 9.92. The molecule has 0 bridgehead atoms. The first kappa shape index (κ1) is 70.8. The summed E-state index contributed by atoms with van der Waals surface area (Å²) in [5, 5.41) is 35.5. The van der Waals surface area contributed by atoms with Crippen molar-refractivity contribution in [3.05, 3.63) is 218 Å². The Hall–Kier alpha value is -4.49. The smallest absolute Gasteiger partial charge is 1.00 e. The minimum absolute atomic E-state index is 0. The molecule has 9 nitrogen and oxygen atoms in total. The molecule has 0 aliphatic carbocycles. The van der Waals surface area contributed by atoms with Gasteiger partial charge in [0.1, 0.15) is 35.8 Å². The zero-order valence-electron chi connectivity index (χ0n) is 47.4. The number of rotatable bonds is 20. The van der Waals surface area contributed by atoms with Crippen molar-refractivity contribution in [1.82, 2.24) is 10.2 Å². The average Bonchev–Trinajstić information content (AvgIpc) is 4.25. The number of phenols is 1. The number of aromatic hydroxyl groups is 1. The van der Waals surface area contributed by atoms with Gasteiger partial charge in [0.05, 0.1) is 39.1 Å². The Kier molecular flexibility index (Phi) is 34.9. The van der Waals surface area contributed by atoms with Crippen LogP contribution >= 0.6 is 71.8 Å². The minimum Gasteiger partial charge on any atom is -1.00 e. The van der Waals surface area contributed by atoms with E-state index < -0.39 is 0 Å². The molecule has 10 rings (SSSR count). The van der Waals surface area contributed by atoms with Crippen molar-refractivity contribution in [3.63, 3.8) is 0 Å². The number of nitrogens with one attached hydrogen (secondary N) is 1. The monoisotopic (exact) mass is 1220 g/mol. The van der Waals surface area contributed by atoms with E-state index in [1.165, 1.54) is 21.7 Å². The van der Waals surface area contributed by atoms with Gasteiger partial charge in [0.2, 0.25) is 0 Å². The molecule has 2 heterocycles. The number of ether oxygens (including phenoxy) is 5. The van der Waals surface area contributed by atoms with E-state index in [-0.39, 0.29) is 80.7 Å². The van der Waals surface area contributed by atoms with Crippen molar-refractivity contribution in [3.8, 4) is 17.2 Å². The third-order valence-corrected chi connectivity index (χ3v) is 14.6. The zero-order valence-corrected chi connectivity index (χ0v) is 53.4. The summed E-state index contributed by atoms with van der Waals surface area (Å²) in [6.07, 6.45) is 1.59. The zero-order chi connectivity index (χ0) is 55.3. The fourth-order valence-electron chi connectivity index (χ4n) is 7.93. The molecule has 0 fully saturated rings. The first-order valence-electron chi connectivity index (χ1n) is 25.7. The molecule has 0 aliphatic heterocycles. The summed E-state index contributed by atoms with van der Waals surface area (Å²) in [5.74, 6) is 1.90. The number of benzene rings is 8. The van der Waals surface area contributed by atoms with E-state index in [0.29, 0.717) is 50.1 Å². The molecule has 0 saturated heterocycles. The van der Waals surface area contributed by atoms with Crippen LogP contribution in [0.2, 0.25) is 10.0 Å². The van der Waals surface area contributed by atoms with E-state index in [2.05, 4.69) is 70.2 Å². The van der Waals surface area contributed by atoms with Crippen LogP contribution in [0.5, 0.6) is 17.2 Å². The van der Waals surface area contributed by atoms with Gasteiger partial charge < -0.3 is 45.5 Å². The predicted molar refractivity (Wildman–Crippen MR) is 344 cm³/mol. The van der Waals surface area contributed by atoms with Gasteiger partial charge in [-0.2, -0.15) is 13.5 Å². The van der Waals surface area contributed by atoms with Crippen molar-refractivity contribution in [2.24, 2.45) is 0 Å². The van der Waals surface area contributed by atoms with E-state index in [0.717, 1.165) is 74.3 Å². The molecule has 8 aromatic carbocycles. The van der Waals surface area contributed by atoms with Gasteiger partial charge in [-0.15, -0.1) is 35.1 Å². The first-order valence-corrected chi connectivity index (χ1v) is 28.2. The standard InChI is InChI=1S/C18H19NOS.C17H21ClO4.C10H7ClO.C10H7F.C9H15NOS.ClH.Na.H2S.H/c1-19-12-11-17(18-10-5-13-21-18)20-16-9-4-7-14-6-2-3-8-15(14)16;1-19-8-9-20-10-11-21-12-13-22-17-7-6-16(18)14-4-2-3-5-15(14)17;11-9-5-6-10(12)8-4-2-1-3-7(8)9;11-10-7-3-5-8-4-1-2-6-9(8)10;1-10(2)6-5-8(11)9-4-3-7-12-9;;;;/h2-10,13,17,19H,11-12H2,1H3;2-7H,8-13H2,1H3;1-6,12H;1-7H;3-4,7-8,11H,5-6H2,1-2H3;1H;;1H2;/q;;;;;;+1;;-1/t17-;;;;8-;;;;/m0...1..../s1. The predicted octanol–water partition coefficient (Wildman–Crippen LogP) is 13.7. The summed E-state index contributed by atoms with van der Waals surface area (Å²) >= 11 is 15.5. The SMILES string of the molecule is CN(C)CC[C@@H](O)c1cccs1.CNCC[C@H](Oc1cccc2ccccc12)c1cccs1.COCCOCCOCCOc1ccc(Cl)c2ccccc12.Cl.Fc1cccc2ccccc12.Oc1ccc(Cl)c2ccccc12.S.[H-].[Na+]. The second kappa shape index (κ2) is 39.9. The van der Waals surface area contributed by atoms with Gasteiger partial charge in [-0.1, -0.05) is 157 Å². The maximum absolute atomic E-state index is 13.0. The number of phenolic OH excluding ortho intramolecular Hbond substituents is 1. The van der Waals surface area contributed by atoms with Crippen molar-refractivity contribution in [1.29, 1.82) is 0 Å². The largest absolute Gasteiger partial charge is 1.00 e. The van der Waals surface area contributed by atoms with Crippen LogP contribution in [0.3, 0.4) is 0 Å². The van der Waals surface area contributed by atoms with Gasteiger partial charge in [0.25, 0.3) is 0 Å². The summed E-state index contributed by atoms with van der Waals surface area (Å²) in [6, 6.07) is 57.7. The summed E-state index contributed by atoms with van der Waals surface area (Å²) in [5.41, 5.74) is 0. The molecule has 10 aromatic rings. The van der Waals surface area contributed by atoms with Crippen molar-refractivity contribution in [2.75, 3.05) is 81.0 Å². The Morgan fingerprint density at radius 1 is 0.568 bits per heavy atom. The average molecular weight is 1230 g/mol. The van der Waals surface area contributed by atoms with Crippen LogP contribution in [0.15, 0.2) is 193 Å². The molecule has 0 radical (unpaired) electrons. The Morgan fingerprint density at radius 3 is 1.65 bits per heavy atom. The molecule has 0 saturated carbocycles. The van der Waals surface area contributed by atoms with Gasteiger partial charge in [-0.25, -0.2) is 4.39 Å². The second-order valence-corrected chi connectivity index (χ2v) is 20.6. The number of nitrogens with zero attached hydrogens (tertiary/aromatic N) is 1. The van der Waals surface area contributed by atoms with Gasteiger partial charge >= 0.3 is 29.6 Å². The van der Waals surface area contributed by atoms with Crippen molar-refractivity contribution in [2.45, 2.75) is 25.0 Å². The Balaban J connectivity index is 0.000000356. The normalized spacial score (nSPS) is 11.2. The third kappa shape index (κ3) is 23.6. The molecule has 0 aliphatic rings.